The van der Waals surface area contributed by atoms with Crippen molar-refractivity contribution in [1.82, 2.24) is 0 Å². The van der Waals surface area contributed by atoms with Crippen LogP contribution in [-0.4, -0.2) is 10.8 Å². The van der Waals surface area contributed by atoms with Gasteiger partial charge in [-0.1, -0.05) is 0 Å². The molecule has 0 aromatic carbocycles. The van der Waals surface area contributed by atoms with Crippen molar-refractivity contribution in [3.8, 4) is 0 Å². The predicted molar refractivity (Wildman–Crippen MR) is 29.8 cm³/mol. The highest BCUT2D eigenvalue weighted by Crippen LogP contribution is 1.82. The van der Waals surface area contributed by atoms with E-state index < -0.39 is 0 Å². The van der Waals surface area contributed by atoms with E-state index in [0.717, 1.165) is 0 Å². The molecule has 0 saturated carbocycles. The second-order valence-corrected chi connectivity index (χ2v) is 1.47. The van der Waals surface area contributed by atoms with E-state index in [-0.39, 0.29) is 5.76 Å². The van der Waals surface area contributed by atoms with Crippen LogP contribution in [0.4, 0.5) is 0 Å². The van der Waals surface area contributed by atoms with E-state index in [2.05, 4.69) is 0 Å². The molecule has 0 heterocycles. The topological polar surface area (TPSA) is 44.1 Å². The van der Waals surface area contributed by atoms with Gasteiger partial charge in [-0.25, -0.2) is 0 Å². The summed E-state index contributed by atoms with van der Waals surface area (Å²) in [4.78, 5) is 0. The number of hydrogen-bond acceptors (Lipinski definition) is 2. The molecule has 0 aromatic heterocycles. The van der Waals surface area contributed by atoms with Gasteiger partial charge in [0, 0.05) is 5.71 Å². The first-order valence-electron chi connectivity index (χ1n) is 2.05. The molecule has 0 saturated heterocycles. The third kappa shape index (κ3) is 5.21. The van der Waals surface area contributed by atoms with E-state index in [1.807, 2.05) is 0 Å². The zero-order chi connectivity index (χ0) is 5.86. The van der Waals surface area contributed by atoms with E-state index in [0.29, 0.717) is 5.71 Å². The molecule has 0 radical (unpaired) electrons. The molecule has 0 rings (SSSR count). The molecule has 0 aromatic rings. The van der Waals surface area contributed by atoms with Crippen LogP contribution < -0.4 is 0 Å². The predicted octanol–water partition coefficient (Wildman–Crippen LogP) is 1.49. The number of allylic oxidation sites excluding steroid dienone is 2. The molecule has 0 bridgehead atoms. The summed E-state index contributed by atoms with van der Waals surface area (Å²) in [6, 6.07) is 0. The largest absolute Gasteiger partial charge is 0.513 e. The lowest BCUT2D eigenvalue weighted by atomic mass is 10.4. The second-order valence-electron chi connectivity index (χ2n) is 1.47. The highest BCUT2D eigenvalue weighted by atomic mass is 16.3. The van der Waals surface area contributed by atoms with Gasteiger partial charge in [0.25, 0.3) is 0 Å². The fourth-order valence-corrected chi connectivity index (χ4v) is 0.313. The molecule has 0 aliphatic carbocycles. The Kier molecular flexibility index (Phi) is 2.12. The van der Waals surface area contributed by atoms with E-state index in [1.165, 1.54) is 13.0 Å². The van der Waals surface area contributed by atoms with Gasteiger partial charge in [0.05, 0.1) is 5.76 Å². The fraction of sp³-hybridized carbons (Fsp3) is 0.400. The first-order chi connectivity index (χ1) is 3.13. The van der Waals surface area contributed by atoms with E-state index in [1.54, 1.807) is 6.92 Å². The summed E-state index contributed by atoms with van der Waals surface area (Å²) in [5.74, 6) is 0.188. The molecule has 7 heavy (non-hydrogen) atoms. The summed E-state index contributed by atoms with van der Waals surface area (Å²) in [7, 11) is 0. The number of nitrogens with one attached hydrogen (secondary N) is 1. The van der Waals surface area contributed by atoms with Gasteiger partial charge in [-0.3, -0.25) is 0 Å². The maximum absolute atomic E-state index is 8.44. The number of hydrogen-bond donors (Lipinski definition) is 2. The van der Waals surface area contributed by atoms with Crippen LogP contribution in [0.1, 0.15) is 13.8 Å². The zero-order valence-corrected chi connectivity index (χ0v) is 4.52. The molecule has 0 atom stereocenters. The molecule has 0 fully saturated rings. The van der Waals surface area contributed by atoms with Crippen LogP contribution in [0.3, 0.4) is 0 Å². The van der Waals surface area contributed by atoms with Crippen LogP contribution in [0, 0.1) is 5.41 Å². The Morgan fingerprint density at radius 2 is 2.00 bits per heavy atom. The van der Waals surface area contributed by atoms with Crippen LogP contribution in [0.25, 0.3) is 0 Å². The highest BCUT2D eigenvalue weighted by Gasteiger charge is 1.78. The smallest absolute Gasteiger partial charge is 0.0909 e. The van der Waals surface area contributed by atoms with Gasteiger partial charge in [-0.15, -0.1) is 0 Å². The van der Waals surface area contributed by atoms with Crippen LogP contribution in [0.15, 0.2) is 11.8 Å². The van der Waals surface area contributed by atoms with E-state index in [4.69, 9.17) is 10.5 Å². The summed E-state index contributed by atoms with van der Waals surface area (Å²) in [6.07, 6.45) is 1.39. The van der Waals surface area contributed by atoms with Crippen molar-refractivity contribution >= 4 is 5.71 Å². The molecule has 2 nitrogen and oxygen atoms in total. The highest BCUT2D eigenvalue weighted by molar-refractivity contribution is 5.90. The maximum atomic E-state index is 8.44. The minimum Gasteiger partial charge on any atom is -0.513 e. The minimum absolute atomic E-state index is 0.188. The first kappa shape index (κ1) is 6.21. The van der Waals surface area contributed by atoms with Crippen molar-refractivity contribution in [3.05, 3.63) is 11.8 Å². The molecule has 2 heteroatoms. The summed E-state index contributed by atoms with van der Waals surface area (Å²) in [6.45, 7) is 3.15. The van der Waals surface area contributed by atoms with Crippen molar-refractivity contribution in [3.63, 3.8) is 0 Å². The van der Waals surface area contributed by atoms with Crippen LogP contribution in [0.5, 0.6) is 0 Å². The quantitative estimate of drug-likeness (QED) is 0.379. The Balaban J connectivity index is 3.68. The molecule has 2 N–H and O–H groups in total. The molecule has 0 aliphatic heterocycles. The van der Waals surface area contributed by atoms with Gasteiger partial charge >= 0.3 is 0 Å². The number of aliphatic hydroxyl groups excluding tert-OH is 1. The van der Waals surface area contributed by atoms with Gasteiger partial charge in [0.15, 0.2) is 0 Å². The Morgan fingerprint density at radius 3 is 2.00 bits per heavy atom. The standard InChI is InChI=1S/C5H9NO/c1-4(6)3-5(2)7/h3,6-7H,1-2H3/b5-3-,6-4?. The van der Waals surface area contributed by atoms with Crippen LogP contribution in [0.2, 0.25) is 0 Å². The molecule has 0 unspecified atom stereocenters. The van der Waals surface area contributed by atoms with Gasteiger partial charge < -0.3 is 10.5 Å². The fourth-order valence-electron chi connectivity index (χ4n) is 0.313. The Bertz CT molecular complexity index is 101. The van der Waals surface area contributed by atoms with Gasteiger partial charge in [0.2, 0.25) is 0 Å². The molecule has 0 aliphatic rings. The minimum atomic E-state index is 0.188. The third-order valence-corrected chi connectivity index (χ3v) is 0.425. The van der Waals surface area contributed by atoms with Gasteiger partial charge in [-0.05, 0) is 19.9 Å². The Hall–Kier alpha value is -0.790. The maximum Gasteiger partial charge on any atom is 0.0909 e. The summed E-state index contributed by atoms with van der Waals surface area (Å²) >= 11 is 0. The van der Waals surface area contributed by atoms with E-state index in [9.17, 15) is 0 Å². The number of aliphatic hydroxyl groups is 1. The van der Waals surface area contributed by atoms with Crippen molar-refractivity contribution in [1.29, 1.82) is 5.41 Å². The molecule has 40 valence electrons. The van der Waals surface area contributed by atoms with Crippen molar-refractivity contribution in [2.75, 3.05) is 0 Å². The lowest BCUT2D eigenvalue weighted by Gasteiger charge is -1.83. The van der Waals surface area contributed by atoms with Crippen molar-refractivity contribution < 1.29 is 5.11 Å². The zero-order valence-electron chi connectivity index (χ0n) is 4.52. The Morgan fingerprint density at radius 1 is 1.57 bits per heavy atom. The molecular formula is C5H9NO. The number of rotatable bonds is 1. The monoisotopic (exact) mass is 99.1 g/mol. The van der Waals surface area contributed by atoms with Crippen LogP contribution >= 0.6 is 0 Å². The second kappa shape index (κ2) is 2.39. The normalized spacial score (nSPS) is 11.4. The molecular weight excluding hydrogens is 90.1 g/mol. The average molecular weight is 99.1 g/mol. The first-order valence-corrected chi connectivity index (χ1v) is 2.05. The summed E-state index contributed by atoms with van der Waals surface area (Å²) in [5, 5.41) is 15.2. The molecule has 0 amide bonds. The lowest BCUT2D eigenvalue weighted by Crippen LogP contribution is -1.81. The summed E-state index contributed by atoms with van der Waals surface area (Å²) in [5.41, 5.74) is 0.375. The van der Waals surface area contributed by atoms with Gasteiger partial charge in [0.1, 0.15) is 0 Å². The average Bonchev–Trinajstić information content (AvgIpc) is 1.27. The van der Waals surface area contributed by atoms with Crippen molar-refractivity contribution in [2.45, 2.75) is 13.8 Å². The van der Waals surface area contributed by atoms with Gasteiger partial charge in [-0.2, -0.15) is 0 Å². The summed E-state index contributed by atoms with van der Waals surface area (Å²) < 4.78 is 0. The SMILES string of the molecule is CC(=N)/C=C(/C)O. The van der Waals surface area contributed by atoms with E-state index >= 15 is 0 Å². The molecule has 0 spiro atoms. The Labute approximate surface area is 43.0 Å². The lowest BCUT2D eigenvalue weighted by molar-refractivity contribution is 0.415. The van der Waals surface area contributed by atoms with Crippen molar-refractivity contribution in [2.24, 2.45) is 0 Å². The van der Waals surface area contributed by atoms with Crippen LogP contribution in [-0.2, 0) is 0 Å². The third-order valence-electron chi connectivity index (χ3n) is 0.425.